The highest BCUT2D eigenvalue weighted by atomic mass is 16.3. The van der Waals surface area contributed by atoms with Gasteiger partial charge in [-0.1, -0.05) is 49.7 Å². The third-order valence-corrected chi connectivity index (χ3v) is 4.48. The minimum absolute atomic E-state index is 0.0211. The Labute approximate surface area is 178 Å². The van der Waals surface area contributed by atoms with E-state index in [0.717, 1.165) is 11.1 Å². The van der Waals surface area contributed by atoms with Gasteiger partial charge in [0, 0.05) is 22.3 Å². The molecule has 2 aromatic carbocycles. The zero-order valence-corrected chi connectivity index (χ0v) is 17.9. The second-order valence-corrected chi connectivity index (χ2v) is 7.31. The quantitative estimate of drug-likeness (QED) is 0.341. The van der Waals surface area contributed by atoms with Gasteiger partial charge in [0.2, 0.25) is 0 Å². The Kier molecular flexibility index (Phi) is 8.38. The summed E-state index contributed by atoms with van der Waals surface area (Å²) in [6.07, 6.45) is 2.63. The highest BCUT2D eigenvalue weighted by Crippen LogP contribution is 2.29. The van der Waals surface area contributed by atoms with E-state index in [9.17, 15) is 0 Å². The summed E-state index contributed by atoms with van der Waals surface area (Å²) >= 11 is 0. The average molecular weight is 406 g/mol. The minimum atomic E-state index is 0.0211. The first-order valence-electron chi connectivity index (χ1n) is 9.96. The lowest BCUT2D eigenvalue weighted by Gasteiger charge is -2.05. The standard InChI is InChI=1S/C18H16N4O.C6H15N/c19-17(20)13-5-1-3-11(9-13)15-7-8-16(23-15)12-4-2-6-14(10-12)18(21)22;1-4-5-6-7(2)3/h1-10H,(H3,19,20)(H3,21,22);4-6H2,1-3H3. The number of hydrogen-bond donors (Lipinski definition) is 4. The molecule has 0 spiro atoms. The van der Waals surface area contributed by atoms with E-state index in [4.69, 9.17) is 26.7 Å². The van der Waals surface area contributed by atoms with E-state index < -0.39 is 0 Å². The minimum Gasteiger partial charge on any atom is -0.456 e. The predicted octanol–water partition coefficient (Wildman–Crippen LogP) is 4.53. The van der Waals surface area contributed by atoms with Crippen molar-refractivity contribution in [2.45, 2.75) is 19.8 Å². The van der Waals surface area contributed by atoms with Crippen molar-refractivity contribution in [3.8, 4) is 22.6 Å². The maximum Gasteiger partial charge on any atom is 0.134 e. The molecule has 0 aliphatic heterocycles. The molecule has 1 heterocycles. The normalized spacial score (nSPS) is 10.4. The Morgan fingerprint density at radius 2 is 1.30 bits per heavy atom. The number of hydrogen-bond acceptors (Lipinski definition) is 4. The van der Waals surface area contributed by atoms with Crippen molar-refractivity contribution in [2.24, 2.45) is 11.5 Å². The van der Waals surface area contributed by atoms with Crippen LogP contribution >= 0.6 is 0 Å². The summed E-state index contributed by atoms with van der Waals surface area (Å²) in [5, 5.41) is 15.0. The maximum absolute atomic E-state index is 7.51. The molecule has 3 rings (SSSR count). The number of benzene rings is 2. The largest absolute Gasteiger partial charge is 0.456 e. The van der Waals surface area contributed by atoms with Crippen molar-refractivity contribution in [1.82, 2.24) is 4.90 Å². The molecule has 0 aliphatic carbocycles. The highest BCUT2D eigenvalue weighted by Gasteiger charge is 2.09. The highest BCUT2D eigenvalue weighted by molar-refractivity contribution is 5.96. The SMILES string of the molecule is CCCCN(C)C.N=C(N)c1cccc(-c2ccc(-c3cccc(C(=N)N)c3)o2)c1. The van der Waals surface area contributed by atoms with Gasteiger partial charge in [-0.3, -0.25) is 10.8 Å². The van der Waals surface area contributed by atoms with Crippen LogP contribution in [0.1, 0.15) is 30.9 Å². The van der Waals surface area contributed by atoms with E-state index in [1.165, 1.54) is 19.4 Å². The number of unbranched alkanes of at least 4 members (excludes halogenated alkanes) is 1. The predicted molar refractivity (Wildman–Crippen MR) is 125 cm³/mol. The number of amidine groups is 2. The number of furan rings is 1. The van der Waals surface area contributed by atoms with Gasteiger partial charge in [-0.25, -0.2) is 0 Å². The average Bonchev–Trinajstić information content (AvgIpc) is 3.23. The lowest BCUT2D eigenvalue weighted by atomic mass is 10.1. The fourth-order valence-electron chi connectivity index (χ4n) is 2.80. The molecule has 0 unspecified atom stereocenters. The molecule has 6 N–H and O–H groups in total. The first-order chi connectivity index (χ1) is 14.3. The molecule has 0 saturated carbocycles. The third kappa shape index (κ3) is 6.60. The van der Waals surface area contributed by atoms with Gasteiger partial charge in [0.1, 0.15) is 23.2 Å². The smallest absolute Gasteiger partial charge is 0.134 e. The van der Waals surface area contributed by atoms with Crippen LogP contribution in [0.2, 0.25) is 0 Å². The van der Waals surface area contributed by atoms with Crippen LogP contribution in [-0.2, 0) is 0 Å². The van der Waals surface area contributed by atoms with Crippen LogP contribution in [0.15, 0.2) is 65.1 Å². The fraction of sp³-hybridized carbons (Fsp3) is 0.250. The van der Waals surface area contributed by atoms with Crippen molar-refractivity contribution < 1.29 is 4.42 Å². The Hall–Kier alpha value is -3.38. The molecular weight excluding hydrogens is 374 g/mol. The van der Waals surface area contributed by atoms with Crippen LogP contribution in [0, 0.1) is 10.8 Å². The monoisotopic (exact) mass is 405 g/mol. The van der Waals surface area contributed by atoms with Gasteiger partial charge in [0.05, 0.1) is 0 Å². The van der Waals surface area contributed by atoms with Gasteiger partial charge in [0.25, 0.3) is 0 Å². The molecule has 158 valence electrons. The van der Waals surface area contributed by atoms with E-state index in [1.54, 1.807) is 12.1 Å². The van der Waals surface area contributed by atoms with Gasteiger partial charge < -0.3 is 20.8 Å². The van der Waals surface area contributed by atoms with Crippen molar-refractivity contribution in [3.63, 3.8) is 0 Å². The number of nitrogens with zero attached hydrogens (tertiary/aromatic N) is 1. The van der Waals surface area contributed by atoms with Crippen LogP contribution < -0.4 is 11.5 Å². The summed E-state index contributed by atoms with van der Waals surface area (Å²) in [7, 11) is 4.21. The zero-order chi connectivity index (χ0) is 22.1. The first-order valence-corrected chi connectivity index (χ1v) is 9.96. The van der Waals surface area contributed by atoms with Crippen molar-refractivity contribution in [1.29, 1.82) is 10.8 Å². The molecule has 0 radical (unpaired) electrons. The summed E-state index contributed by atoms with van der Waals surface area (Å²) < 4.78 is 5.90. The molecule has 0 bridgehead atoms. The second-order valence-electron chi connectivity index (χ2n) is 7.31. The van der Waals surface area contributed by atoms with Gasteiger partial charge in [-0.2, -0.15) is 0 Å². The Bertz CT molecular complexity index is 919. The van der Waals surface area contributed by atoms with Crippen LogP contribution in [0.4, 0.5) is 0 Å². The number of nitrogen functional groups attached to an aromatic ring is 2. The summed E-state index contributed by atoms with van der Waals surface area (Å²) in [4.78, 5) is 2.21. The van der Waals surface area contributed by atoms with E-state index in [-0.39, 0.29) is 11.7 Å². The Morgan fingerprint density at radius 1 is 0.833 bits per heavy atom. The molecule has 30 heavy (non-hydrogen) atoms. The summed E-state index contributed by atoms with van der Waals surface area (Å²) in [5.74, 6) is 1.42. The molecule has 3 aromatic rings. The summed E-state index contributed by atoms with van der Waals surface area (Å²) in [5.41, 5.74) is 14.1. The summed E-state index contributed by atoms with van der Waals surface area (Å²) in [6.45, 7) is 3.44. The van der Waals surface area contributed by atoms with Gasteiger partial charge in [-0.15, -0.1) is 0 Å². The molecule has 0 atom stereocenters. The Balaban J connectivity index is 0.000000396. The van der Waals surface area contributed by atoms with Crippen molar-refractivity contribution >= 4 is 11.7 Å². The van der Waals surface area contributed by atoms with Crippen LogP contribution in [-0.4, -0.2) is 37.2 Å². The van der Waals surface area contributed by atoms with E-state index in [1.807, 2.05) is 48.5 Å². The van der Waals surface area contributed by atoms with E-state index in [2.05, 4.69) is 25.9 Å². The van der Waals surface area contributed by atoms with Crippen molar-refractivity contribution in [2.75, 3.05) is 20.6 Å². The van der Waals surface area contributed by atoms with E-state index >= 15 is 0 Å². The van der Waals surface area contributed by atoms with Gasteiger partial charge in [0.15, 0.2) is 0 Å². The molecule has 0 amide bonds. The molecule has 0 fully saturated rings. The molecule has 0 aliphatic rings. The Morgan fingerprint density at radius 3 is 1.63 bits per heavy atom. The van der Waals surface area contributed by atoms with Crippen LogP contribution in [0.25, 0.3) is 22.6 Å². The zero-order valence-electron chi connectivity index (χ0n) is 17.9. The maximum atomic E-state index is 7.51. The van der Waals surface area contributed by atoms with Crippen LogP contribution in [0.3, 0.4) is 0 Å². The first kappa shape index (κ1) is 22.9. The number of nitrogens with one attached hydrogen (secondary N) is 2. The van der Waals surface area contributed by atoms with E-state index in [0.29, 0.717) is 22.6 Å². The van der Waals surface area contributed by atoms with Crippen LogP contribution in [0.5, 0.6) is 0 Å². The lowest BCUT2D eigenvalue weighted by Crippen LogP contribution is -2.12. The topological polar surface area (TPSA) is 116 Å². The van der Waals surface area contributed by atoms with Gasteiger partial charge in [-0.05, 0) is 51.3 Å². The lowest BCUT2D eigenvalue weighted by molar-refractivity contribution is 0.398. The number of rotatable bonds is 7. The fourth-order valence-corrected chi connectivity index (χ4v) is 2.80. The van der Waals surface area contributed by atoms with Crippen molar-refractivity contribution in [3.05, 3.63) is 71.8 Å². The second kappa shape index (κ2) is 11.0. The number of nitrogens with two attached hydrogens (primary N) is 2. The summed E-state index contributed by atoms with van der Waals surface area (Å²) in [6, 6.07) is 18.4. The molecule has 6 nitrogen and oxygen atoms in total. The van der Waals surface area contributed by atoms with Gasteiger partial charge >= 0.3 is 0 Å². The molecular formula is C24H31N5O. The third-order valence-electron chi connectivity index (χ3n) is 4.48. The molecule has 6 heteroatoms. The molecule has 0 saturated heterocycles. The molecule has 1 aromatic heterocycles.